The van der Waals surface area contributed by atoms with Gasteiger partial charge in [-0.2, -0.15) is 0 Å². The maximum absolute atomic E-state index is 12.0. The number of carbonyl (C=O) groups excluding carboxylic acids is 2. The quantitative estimate of drug-likeness (QED) is 0.563. The molecule has 1 aliphatic heterocycles. The first-order valence-corrected chi connectivity index (χ1v) is 9.44. The summed E-state index contributed by atoms with van der Waals surface area (Å²) in [5.74, 6) is -0.222. The highest BCUT2D eigenvalue weighted by atomic mass is 35.5. The number of urea groups is 1. The number of rotatable bonds is 4. The molecule has 3 amide bonds. The minimum Gasteiger partial charge on any atom is -0.333 e. The lowest BCUT2D eigenvalue weighted by Gasteiger charge is -2.29. The molecular weight excluding hydrogens is 348 g/mol. The Morgan fingerprint density at radius 3 is 2.33 bits per heavy atom. The highest BCUT2D eigenvalue weighted by Crippen LogP contribution is 2.20. The molecule has 6 nitrogen and oxygen atoms in total. The number of carbonyl (C=O) groups is 2. The molecule has 1 aromatic heterocycles. The molecule has 0 bridgehead atoms. The van der Waals surface area contributed by atoms with E-state index in [-0.39, 0.29) is 11.4 Å². The number of piperazine rings is 1. The van der Waals surface area contributed by atoms with Crippen LogP contribution in [0.15, 0.2) is 12.1 Å². The first kappa shape index (κ1) is 19.2. The molecule has 24 heavy (non-hydrogen) atoms. The molecular formula is C16H27ClN4O2S+2. The second-order valence-electron chi connectivity index (χ2n) is 7.31. The van der Waals surface area contributed by atoms with Crippen LogP contribution in [0, 0.1) is 0 Å². The van der Waals surface area contributed by atoms with E-state index in [1.54, 1.807) is 11.3 Å². The van der Waals surface area contributed by atoms with Crippen molar-refractivity contribution in [3.8, 4) is 0 Å². The largest absolute Gasteiger partial charge is 0.333 e. The fourth-order valence-corrected chi connectivity index (χ4v) is 3.93. The number of quaternary nitrogens is 2. The van der Waals surface area contributed by atoms with Gasteiger partial charge in [0.15, 0.2) is 6.54 Å². The fraction of sp³-hybridized carbons (Fsp3) is 0.625. The number of thiophene rings is 1. The Kier molecular flexibility index (Phi) is 6.62. The highest BCUT2D eigenvalue weighted by Gasteiger charge is 2.26. The first-order valence-electron chi connectivity index (χ1n) is 8.24. The molecule has 0 radical (unpaired) electrons. The molecule has 1 saturated heterocycles. The first-order chi connectivity index (χ1) is 11.2. The van der Waals surface area contributed by atoms with E-state index >= 15 is 0 Å². The number of hydrogen-bond acceptors (Lipinski definition) is 3. The monoisotopic (exact) mass is 374 g/mol. The van der Waals surface area contributed by atoms with E-state index in [0.29, 0.717) is 6.54 Å². The Morgan fingerprint density at radius 1 is 1.17 bits per heavy atom. The van der Waals surface area contributed by atoms with Crippen LogP contribution in [0.1, 0.15) is 25.6 Å². The van der Waals surface area contributed by atoms with E-state index in [1.807, 2.05) is 26.8 Å². The summed E-state index contributed by atoms with van der Waals surface area (Å²) in [4.78, 5) is 27.7. The van der Waals surface area contributed by atoms with Gasteiger partial charge in [0.1, 0.15) is 32.7 Å². The molecule has 8 heteroatoms. The van der Waals surface area contributed by atoms with Gasteiger partial charge in [0.05, 0.1) is 9.21 Å². The van der Waals surface area contributed by atoms with Crippen LogP contribution < -0.4 is 20.4 Å². The van der Waals surface area contributed by atoms with Crippen LogP contribution in [-0.2, 0) is 11.3 Å². The van der Waals surface area contributed by atoms with Gasteiger partial charge < -0.3 is 15.1 Å². The number of imide groups is 1. The molecule has 0 aromatic carbocycles. The van der Waals surface area contributed by atoms with E-state index in [4.69, 9.17) is 11.6 Å². The second kappa shape index (κ2) is 8.29. The van der Waals surface area contributed by atoms with Crippen molar-refractivity contribution in [3.05, 3.63) is 21.3 Å². The summed E-state index contributed by atoms with van der Waals surface area (Å²) in [6, 6.07) is 3.60. The van der Waals surface area contributed by atoms with Crippen LogP contribution in [0.5, 0.6) is 0 Å². The average Bonchev–Trinajstić information content (AvgIpc) is 2.84. The van der Waals surface area contributed by atoms with Crippen molar-refractivity contribution in [1.82, 2.24) is 10.6 Å². The topological polar surface area (TPSA) is 67.1 Å². The standard InChI is InChI=1S/C16H25ClN4O2S/c1-16(2,3)19-15(23)18-14(22)11-21-8-6-20(7-9-21)10-12-4-5-13(17)24-12/h4-5H,6-11H2,1-3H3,(H2,18,19,22,23)/p+2. The van der Waals surface area contributed by atoms with Crippen molar-refractivity contribution in [2.24, 2.45) is 0 Å². The van der Waals surface area contributed by atoms with Crippen LogP contribution in [0.4, 0.5) is 4.79 Å². The lowest BCUT2D eigenvalue weighted by molar-refractivity contribution is -1.01. The average molecular weight is 375 g/mol. The summed E-state index contributed by atoms with van der Waals surface area (Å²) in [5, 5.41) is 5.14. The molecule has 134 valence electrons. The molecule has 4 N–H and O–H groups in total. The Balaban J connectivity index is 1.68. The van der Waals surface area contributed by atoms with Gasteiger partial charge in [-0.15, -0.1) is 11.3 Å². The van der Waals surface area contributed by atoms with Gasteiger partial charge in [0.2, 0.25) is 0 Å². The van der Waals surface area contributed by atoms with Crippen LogP contribution in [-0.4, -0.2) is 50.2 Å². The molecule has 1 aliphatic rings. The fourth-order valence-electron chi connectivity index (χ4n) is 2.77. The predicted molar refractivity (Wildman–Crippen MR) is 95.7 cm³/mol. The number of halogens is 1. The van der Waals surface area contributed by atoms with Crippen molar-refractivity contribution < 1.29 is 19.4 Å². The maximum Gasteiger partial charge on any atom is 0.322 e. The lowest BCUT2D eigenvalue weighted by Crippen LogP contribution is -3.28. The number of amides is 3. The van der Waals surface area contributed by atoms with Crippen molar-refractivity contribution in [1.29, 1.82) is 0 Å². The second-order valence-corrected chi connectivity index (χ2v) is 9.11. The van der Waals surface area contributed by atoms with E-state index in [0.717, 1.165) is 37.1 Å². The Morgan fingerprint density at radius 2 is 1.79 bits per heavy atom. The molecule has 0 atom stereocenters. The van der Waals surface area contributed by atoms with Crippen molar-refractivity contribution in [3.63, 3.8) is 0 Å². The third-order valence-corrected chi connectivity index (χ3v) is 5.10. The molecule has 1 fully saturated rings. The van der Waals surface area contributed by atoms with Crippen LogP contribution in [0.2, 0.25) is 4.34 Å². The zero-order valence-corrected chi connectivity index (χ0v) is 16.1. The van der Waals surface area contributed by atoms with Crippen LogP contribution in [0.3, 0.4) is 0 Å². The van der Waals surface area contributed by atoms with Gasteiger partial charge in [0.25, 0.3) is 5.91 Å². The summed E-state index contributed by atoms with van der Waals surface area (Å²) in [5.41, 5.74) is -0.350. The van der Waals surface area contributed by atoms with Crippen molar-refractivity contribution in [2.75, 3.05) is 32.7 Å². The van der Waals surface area contributed by atoms with Crippen LogP contribution in [0.25, 0.3) is 0 Å². The van der Waals surface area contributed by atoms with Gasteiger partial charge in [-0.1, -0.05) is 11.6 Å². The van der Waals surface area contributed by atoms with E-state index in [1.165, 1.54) is 14.7 Å². The zero-order valence-electron chi connectivity index (χ0n) is 14.5. The smallest absolute Gasteiger partial charge is 0.322 e. The molecule has 2 heterocycles. The third kappa shape index (κ3) is 6.76. The summed E-state index contributed by atoms with van der Waals surface area (Å²) in [6.45, 7) is 10.9. The Labute approximate surface area is 152 Å². The normalized spacial score (nSPS) is 21.3. The molecule has 2 rings (SSSR count). The lowest BCUT2D eigenvalue weighted by atomic mass is 10.1. The SMILES string of the molecule is CC(C)(C)NC(=O)NC(=O)C[NH+]1CC[NH+](Cc2ccc(Cl)s2)CC1. The summed E-state index contributed by atoms with van der Waals surface area (Å²) >= 11 is 7.60. The summed E-state index contributed by atoms with van der Waals surface area (Å²) < 4.78 is 0.832. The molecule has 0 unspecified atom stereocenters. The summed E-state index contributed by atoms with van der Waals surface area (Å²) in [6.07, 6.45) is 0. The highest BCUT2D eigenvalue weighted by molar-refractivity contribution is 7.16. The van der Waals surface area contributed by atoms with Crippen LogP contribution >= 0.6 is 22.9 Å². The number of nitrogens with one attached hydrogen (secondary N) is 4. The Hall–Kier alpha value is -1.15. The van der Waals surface area contributed by atoms with E-state index in [2.05, 4.69) is 16.7 Å². The van der Waals surface area contributed by atoms with E-state index in [9.17, 15) is 9.59 Å². The van der Waals surface area contributed by atoms with Gasteiger partial charge >= 0.3 is 6.03 Å². The molecule has 0 spiro atoms. The minimum absolute atomic E-state index is 0.222. The third-order valence-electron chi connectivity index (χ3n) is 3.87. The predicted octanol–water partition coefficient (Wildman–Crippen LogP) is -0.691. The summed E-state index contributed by atoms with van der Waals surface area (Å²) in [7, 11) is 0. The zero-order chi connectivity index (χ0) is 17.7. The molecule has 0 aliphatic carbocycles. The van der Waals surface area contributed by atoms with Gasteiger partial charge in [-0.3, -0.25) is 10.1 Å². The van der Waals surface area contributed by atoms with E-state index < -0.39 is 6.03 Å². The number of hydrogen-bond donors (Lipinski definition) is 4. The maximum atomic E-state index is 12.0. The Bertz CT molecular complexity index is 577. The minimum atomic E-state index is -0.425. The van der Waals surface area contributed by atoms with Gasteiger partial charge in [-0.25, -0.2) is 4.79 Å². The molecule has 0 saturated carbocycles. The molecule has 1 aromatic rings. The van der Waals surface area contributed by atoms with Crippen molar-refractivity contribution in [2.45, 2.75) is 32.9 Å². The van der Waals surface area contributed by atoms with Gasteiger partial charge in [-0.05, 0) is 32.9 Å². The van der Waals surface area contributed by atoms with Gasteiger partial charge in [0, 0.05) is 5.54 Å². The van der Waals surface area contributed by atoms with Crippen molar-refractivity contribution >= 4 is 34.9 Å².